The summed E-state index contributed by atoms with van der Waals surface area (Å²) in [6.07, 6.45) is 0. The molecule has 0 atom stereocenters. The van der Waals surface area contributed by atoms with E-state index in [0.29, 0.717) is 0 Å². The Labute approximate surface area is 95.4 Å². The van der Waals surface area contributed by atoms with E-state index in [9.17, 15) is 9.59 Å². The molecule has 0 saturated carbocycles. The fourth-order valence-corrected chi connectivity index (χ4v) is 1.63. The second kappa shape index (κ2) is 4.51. The highest BCUT2D eigenvalue weighted by Crippen LogP contribution is 2.28. The minimum absolute atomic E-state index is 0.0269. The van der Waals surface area contributed by atoms with Gasteiger partial charge in [0.1, 0.15) is 0 Å². The average Bonchev–Trinajstić information content (AvgIpc) is 2.16. The maximum absolute atomic E-state index is 11.2. The van der Waals surface area contributed by atoms with Crippen molar-refractivity contribution in [2.45, 2.75) is 0 Å². The standard InChI is InChI=1S/C9H6Cl2O4/c1-15-9(14)4-2-3-5(10)6(7(4)11)8(12)13/h2-3H,1H3,(H,12,13). The molecule has 15 heavy (non-hydrogen) atoms. The van der Waals surface area contributed by atoms with Gasteiger partial charge in [0.2, 0.25) is 0 Å². The van der Waals surface area contributed by atoms with Gasteiger partial charge in [-0.05, 0) is 12.1 Å². The fraction of sp³-hybridized carbons (Fsp3) is 0.111. The molecule has 0 spiro atoms. The average molecular weight is 249 g/mol. The molecule has 0 aromatic heterocycles. The third-order valence-corrected chi connectivity index (χ3v) is 2.42. The first kappa shape index (κ1) is 11.8. The fourth-order valence-electron chi connectivity index (χ4n) is 1.02. The molecule has 0 amide bonds. The number of carboxylic acids is 1. The molecular weight excluding hydrogens is 243 g/mol. The van der Waals surface area contributed by atoms with Gasteiger partial charge in [0, 0.05) is 0 Å². The lowest BCUT2D eigenvalue weighted by atomic mass is 10.1. The van der Waals surface area contributed by atoms with Crippen molar-refractivity contribution in [3.8, 4) is 0 Å². The van der Waals surface area contributed by atoms with E-state index >= 15 is 0 Å². The Morgan fingerprint density at radius 3 is 2.40 bits per heavy atom. The van der Waals surface area contributed by atoms with Crippen molar-refractivity contribution < 1.29 is 19.4 Å². The number of hydrogen-bond donors (Lipinski definition) is 1. The lowest BCUT2D eigenvalue weighted by Crippen LogP contribution is -2.07. The zero-order chi connectivity index (χ0) is 11.6. The number of methoxy groups -OCH3 is 1. The summed E-state index contributed by atoms with van der Waals surface area (Å²) < 4.78 is 4.43. The van der Waals surface area contributed by atoms with Crippen molar-refractivity contribution in [3.05, 3.63) is 33.3 Å². The van der Waals surface area contributed by atoms with Gasteiger partial charge in [-0.3, -0.25) is 0 Å². The van der Waals surface area contributed by atoms with E-state index in [1.807, 2.05) is 0 Å². The van der Waals surface area contributed by atoms with E-state index in [4.69, 9.17) is 28.3 Å². The van der Waals surface area contributed by atoms with Crippen LogP contribution in [0.4, 0.5) is 0 Å². The summed E-state index contributed by atoms with van der Waals surface area (Å²) in [6.45, 7) is 0. The number of hydrogen-bond acceptors (Lipinski definition) is 3. The van der Waals surface area contributed by atoms with Crippen LogP contribution >= 0.6 is 23.2 Å². The number of esters is 1. The molecular formula is C9H6Cl2O4. The van der Waals surface area contributed by atoms with Crippen LogP contribution in [0.5, 0.6) is 0 Å². The van der Waals surface area contributed by atoms with Crippen molar-refractivity contribution in [1.29, 1.82) is 0 Å². The Balaban J connectivity index is 3.41. The molecule has 80 valence electrons. The van der Waals surface area contributed by atoms with E-state index in [0.717, 1.165) is 0 Å². The summed E-state index contributed by atoms with van der Waals surface area (Å²) in [5.41, 5.74) is -0.331. The van der Waals surface area contributed by atoms with Crippen LogP contribution in [0.25, 0.3) is 0 Å². The molecule has 0 heterocycles. The zero-order valence-corrected chi connectivity index (χ0v) is 9.09. The van der Waals surface area contributed by atoms with Gasteiger partial charge in [0.15, 0.2) is 0 Å². The van der Waals surface area contributed by atoms with Crippen molar-refractivity contribution in [2.24, 2.45) is 0 Å². The van der Waals surface area contributed by atoms with E-state index in [-0.39, 0.29) is 21.2 Å². The molecule has 1 N–H and O–H groups in total. The highest BCUT2D eigenvalue weighted by molar-refractivity contribution is 6.41. The van der Waals surface area contributed by atoms with Gasteiger partial charge in [-0.25, -0.2) is 9.59 Å². The number of carbonyl (C=O) groups is 2. The van der Waals surface area contributed by atoms with Crippen LogP contribution in [-0.4, -0.2) is 24.2 Å². The summed E-state index contributed by atoms with van der Waals surface area (Å²) in [4.78, 5) is 22.0. The number of carbonyl (C=O) groups excluding carboxylic acids is 1. The lowest BCUT2D eigenvalue weighted by Gasteiger charge is -2.06. The predicted molar refractivity (Wildman–Crippen MR) is 54.8 cm³/mol. The molecule has 4 nitrogen and oxygen atoms in total. The highest BCUT2D eigenvalue weighted by Gasteiger charge is 2.20. The number of ether oxygens (including phenoxy) is 1. The second-order valence-corrected chi connectivity index (χ2v) is 3.37. The largest absolute Gasteiger partial charge is 0.478 e. The van der Waals surface area contributed by atoms with E-state index in [1.165, 1.54) is 19.2 Å². The van der Waals surface area contributed by atoms with Crippen LogP contribution in [0.3, 0.4) is 0 Å². The lowest BCUT2D eigenvalue weighted by molar-refractivity contribution is 0.0601. The molecule has 1 aromatic rings. The van der Waals surface area contributed by atoms with E-state index in [2.05, 4.69) is 4.74 Å². The Kier molecular flexibility index (Phi) is 3.55. The predicted octanol–water partition coefficient (Wildman–Crippen LogP) is 2.48. The summed E-state index contributed by atoms with van der Waals surface area (Å²) in [5, 5.41) is 8.56. The van der Waals surface area contributed by atoms with Crippen LogP contribution < -0.4 is 0 Å². The zero-order valence-electron chi connectivity index (χ0n) is 7.58. The normalized spacial score (nSPS) is 9.80. The molecule has 0 bridgehead atoms. The van der Waals surface area contributed by atoms with Gasteiger partial charge in [0.25, 0.3) is 0 Å². The van der Waals surface area contributed by atoms with Crippen molar-refractivity contribution in [2.75, 3.05) is 7.11 Å². The number of rotatable bonds is 2. The minimum Gasteiger partial charge on any atom is -0.478 e. The van der Waals surface area contributed by atoms with Crippen molar-refractivity contribution >= 4 is 35.1 Å². The summed E-state index contributed by atoms with van der Waals surface area (Å²) in [5.74, 6) is -2.00. The first-order valence-corrected chi connectivity index (χ1v) is 4.54. The molecule has 0 aliphatic carbocycles. The van der Waals surface area contributed by atoms with Crippen molar-refractivity contribution in [3.63, 3.8) is 0 Å². The first-order valence-electron chi connectivity index (χ1n) is 3.78. The number of benzene rings is 1. The number of aromatic carboxylic acids is 1. The van der Waals surface area contributed by atoms with Gasteiger partial charge in [0.05, 0.1) is 28.3 Å². The summed E-state index contributed by atoms with van der Waals surface area (Å²) in [7, 11) is 1.17. The van der Waals surface area contributed by atoms with E-state index < -0.39 is 11.9 Å². The van der Waals surface area contributed by atoms with Crippen molar-refractivity contribution in [1.82, 2.24) is 0 Å². The monoisotopic (exact) mass is 248 g/mol. The molecule has 0 aliphatic rings. The quantitative estimate of drug-likeness (QED) is 0.817. The molecule has 0 unspecified atom stereocenters. The number of carboxylic acid groups (broad SMARTS) is 1. The highest BCUT2D eigenvalue weighted by atomic mass is 35.5. The molecule has 0 saturated heterocycles. The molecule has 1 rings (SSSR count). The summed E-state index contributed by atoms with van der Waals surface area (Å²) in [6, 6.07) is 2.59. The van der Waals surface area contributed by atoms with E-state index in [1.54, 1.807) is 0 Å². The minimum atomic E-state index is -1.30. The number of halogens is 2. The Morgan fingerprint density at radius 2 is 1.93 bits per heavy atom. The molecule has 1 aromatic carbocycles. The van der Waals surface area contributed by atoms with Crippen LogP contribution in [0.15, 0.2) is 12.1 Å². The van der Waals surface area contributed by atoms with Gasteiger partial charge >= 0.3 is 11.9 Å². The van der Waals surface area contributed by atoms with Gasteiger partial charge < -0.3 is 9.84 Å². The Bertz CT molecular complexity index is 428. The maximum atomic E-state index is 11.2. The van der Waals surface area contributed by atoms with Crippen LogP contribution in [0, 0.1) is 0 Å². The van der Waals surface area contributed by atoms with Gasteiger partial charge in [-0.2, -0.15) is 0 Å². The van der Waals surface area contributed by atoms with Crippen LogP contribution in [0.1, 0.15) is 20.7 Å². The third-order valence-electron chi connectivity index (χ3n) is 1.71. The topological polar surface area (TPSA) is 63.6 Å². The SMILES string of the molecule is COC(=O)c1ccc(Cl)c(C(=O)O)c1Cl. The molecule has 0 aliphatic heterocycles. The maximum Gasteiger partial charge on any atom is 0.339 e. The summed E-state index contributed by atoms with van der Waals surface area (Å²) >= 11 is 11.3. The smallest absolute Gasteiger partial charge is 0.339 e. The van der Waals surface area contributed by atoms with Crippen LogP contribution in [-0.2, 0) is 4.74 Å². The second-order valence-electron chi connectivity index (χ2n) is 2.58. The Hall–Kier alpha value is -1.26. The Morgan fingerprint density at radius 1 is 1.33 bits per heavy atom. The first-order chi connectivity index (χ1) is 6.99. The van der Waals surface area contributed by atoms with Gasteiger partial charge in [-0.1, -0.05) is 23.2 Å². The molecule has 0 fully saturated rings. The van der Waals surface area contributed by atoms with Gasteiger partial charge in [-0.15, -0.1) is 0 Å². The third kappa shape index (κ3) is 2.22. The molecule has 6 heteroatoms. The molecule has 0 radical (unpaired) electrons. The van der Waals surface area contributed by atoms with Crippen LogP contribution in [0.2, 0.25) is 10.0 Å².